The normalized spacial score (nSPS) is 19.2. The highest BCUT2D eigenvalue weighted by molar-refractivity contribution is 5.90. The van der Waals surface area contributed by atoms with Crippen molar-refractivity contribution in [1.82, 2.24) is 0 Å². The number of allylic oxidation sites excluding steroid dienone is 3. The average molecular weight is 296 g/mol. The van der Waals surface area contributed by atoms with Crippen molar-refractivity contribution in [3.8, 4) is 0 Å². The van der Waals surface area contributed by atoms with Crippen LogP contribution in [0.5, 0.6) is 0 Å². The molecule has 0 spiro atoms. The third-order valence-corrected chi connectivity index (χ3v) is 3.08. The summed E-state index contributed by atoms with van der Waals surface area (Å²) in [5.41, 5.74) is 0. The lowest BCUT2D eigenvalue weighted by Gasteiger charge is -2.21. The number of hydrogen-bond acceptors (Lipinski definition) is 5. The highest BCUT2D eigenvalue weighted by Gasteiger charge is 2.12. The topological polar surface area (TPSA) is 61.8 Å². The summed E-state index contributed by atoms with van der Waals surface area (Å²) in [5.74, 6) is -0.283. The van der Waals surface area contributed by atoms with Crippen molar-refractivity contribution >= 4 is 11.8 Å². The molecular formula is C16H24O5. The van der Waals surface area contributed by atoms with Gasteiger partial charge >= 0.3 is 5.97 Å². The van der Waals surface area contributed by atoms with Crippen LogP contribution < -0.4 is 0 Å². The molecule has 5 heteroatoms. The predicted molar refractivity (Wildman–Crippen MR) is 78.7 cm³/mol. The Kier molecular flexibility index (Phi) is 9.40. The largest absolute Gasteiger partial charge is 0.469 e. The number of carbonyl (C=O) groups is 2. The lowest BCUT2D eigenvalue weighted by Crippen LogP contribution is -2.22. The molecule has 0 N–H and O–H groups in total. The van der Waals surface area contributed by atoms with Crippen LogP contribution in [0.2, 0.25) is 0 Å². The summed E-state index contributed by atoms with van der Waals surface area (Å²) in [6.45, 7) is 1.25. The molecule has 1 aliphatic rings. The first-order chi connectivity index (χ1) is 10.2. The first-order valence-electron chi connectivity index (χ1n) is 7.38. The molecule has 0 aromatic carbocycles. The number of carbonyl (C=O) groups excluding carboxylic acids is 2. The summed E-state index contributed by atoms with van der Waals surface area (Å²) in [6.07, 6.45) is 11.1. The molecule has 1 heterocycles. The van der Waals surface area contributed by atoms with E-state index in [9.17, 15) is 9.59 Å². The molecule has 118 valence electrons. The summed E-state index contributed by atoms with van der Waals surface area (Å²) >= 11 is 0. The Balaban J connectivity index is 2.05. The van der Waals surface area contributed by atoms with E-state index in [0.29, 0.717) is 19.4 Å². The molecule has 0 saturated carbocycles. The minimum Gasteiger partial charge on any atom is -0.469 e. The molecule has 0 aliphatic carbocycles. The lowest BCUT2D eigenvalue weighted by atomic mass is 10.1. The molecular weight excluding hydrogens is 272 g/mol. The van der Waals surface area contributed by atoms with Crippen LogP contribution in [0, 0.1) is 0 Å². The van der Waals surface area contributed by atoms with Crippen LogP contribution in [0.1, 0.15) is 38.5 Å². The lowest BCUT2D eigenvalue weighted by molar-refractivity contribution is -0.155. The van der Waals surface area contributed by atoms with Crippen LogP contribution in [-0.2, 0) is 23.8 Å². The Morgan fingerprint density at radius 2 is 2.10 bits per heavy atom. The van der Waals surface area contributed by atoms with Gasteiger partial charge in [-0.3, -0.25) is 9.59 Å². The molecule has 1 saturated heterocycles. The van der Waals surface area contributed by atoms with E-state index < -0.39 is 0 Å². The molecule has 0 aromatic heterocycles. The second-order valence-electron chi connectivity index (χ2n) is 4.81. The number of ketones is 1. The molecule has 5 nitrogen and oxygen atoms in total. The first-order valence-corrected chi connectivity index (χ1v) is 7.38. The molecule has 1 atom stereocenters. The van der Waals surface area contributed by atoms with E-state index in [1.54, 1.807) is 12.2 Å². The molecule has 0 aromatic rings. The maximum absolute atomic E-state index is 11.5. The smallest absolute Gasteiger partial charge is 0.305 e. The van der Waals surface area contributed by atoms with E-state index >= 15 is 0 Å². The van der Waals surface area contributed by atoms with E-state index in [1.807, 2.05) is 6.08 Å². The molecule has 0 amide bonds. The first kappa shape index (κ1) is 17.6. The van der Waals surface area contributed by atoms with E-state index in [2.05, 4.69) is 4.74 Å². The fourth-order valence-corrected chi connectivity index (χ4v) is 1.89. The van der Waals surface area contributed by atoms with Crippen LogP contribution in [0.4, 0.5) is 0 Å². The van der Waals surface area contributed by atoms with E-state index in [4.69, 9.17) is 9.47 Å². The second-order valence-corrected chi connectivity index (χ2v) is 4.81. The SMILES string of the molecule is COC(=O)CCCC(=O)/C=C/C=C/COC1CCCCO1. The van der Waals surface area contributed by atoms with Gasteiger partial charge < -0.3 is 14.2 Å². The van der Waals surface area contributed by atoms with Crippen molar-refractivity contribution in [1.29, 1.82) is 0 Å². The summed E-state index contributed by atoms with van der Waals surface area (Å²) < 4.78 is 15.4. The molecule has 1 fully saturated rings. The van der Waals surface area contributed by atoms with E-state index in [1.165, 1.54) is 13.2 Å². The fourth-order valence-electron chi connectivity index (χ4n) is 1.89. The van der Waals surface area contributed by atoms with Crippen LogP contribution in [0.3, 0.4) is 0 Å². The summed E-state index contributed by atoms with van der Waals surface area (Å²) in [6, 6.07) is 0. The maximum atomic E-state index is 11.5. The maximum Gasteiger partial charge on any atom is 0.305 e. The fraction of sp³-hybridized carbons (Fsp3) is 0.625. The van der Waals surface area contributed by atoms with Gasteiger partial charge in [0.05, 0.1) is 13.7 Å². The molecule has 1 aliphatic heterocycles. The monoisotopic (exact) mass is 296 g/mol. The van der Waals surface area contributed by atoms with Crippen molar-refractivity contribution in [3.63, 3.8) is 0 Å². The van der Waals surface area contributed by atoms with Gasteiger partial charge in [0.15, 0.2) is 12.1 Å². The van der Waals surface area contributed by atoms with Crippen LogP contribution >= 0.6 is 0 Å². The zero-order valence-corrected chi connectivity index (χ0v) is 12.6. The highest BCUT2D eigenvalue weighted by Crippen LogP contribution is 2.13. The van der Waals surface area contributed by atoms with Crippen molar-refractivity contribution in [2.45, 2.75) is 44.8 Å². The van der Waals surface area contributed by atoms with Gasteiger partial charge in [-0.05, 0) is 31.8 Å². The Labute approximate surface area is 125 Å². The zero-order valence-electron chi connectivity index (χ0n) is 12.6. The Morgan fingerprint density at radius 3 is 2.81 bits per heavy atom. The van der Waals surface area contributed by atoms with Crippen molar-refractivity contribution in [2.24, 2.45) is 0 Å². The third kappa shape index (κ3) is 9.15. The molecule has 21 heavy (non-hydrogen) atoms. The number of hydrogen-bond donors (Lipinski definition) is 0. The summed E-state index contributed by atoms with van der Waals surface area (Å²) in [5, 5.41) is 0. The Bertz CT molecular complexity index is 367. The predicted octanol–water partition coefficient (Wildman–Crippen LogP) is 2.55. The van der Waals surface area contributed by atoms with Crippen molar-refractivity contribution in [3.05, 3.63) is 24.3 Å². The Morgan fingerprint density at radius 1 is 1.24 bits per heavy atom. The van der Waals surface area contributed by atoms with Gasteiger partial charge in [0.25, 0.3) is 0 Å². The van der Waals surface area contributed by atoms with Crippen LogP contribution in [-0.4, -0.2) is 38.4 Å². The van der Waals surface area contributed by atoms with Crippen LogP contribution in [0.25, 0.3) is 0 Å². The van der Waals surface area contributed by atoms with Gasteiger partial charge in [-0.25, -0.2) is 0 Å². The second kappa shape index (κ2) is 11.2. The summed E-state index contributed by atoms with van der Waals surface area (Å²) in [4.78, 5) is 22.3. The van der Waals surface area contributed by atoms with E-state index in [-0.39, 0.29) is 24.5 Å². The molecule has 0 radical (unpaired) electrons. The summed E-state index contributed by atoms with van der Waals surface area (Å²) in [7, 11) is 1.34. The van der Waals surface area contributed by atoms with Gasteiger partial charge in [-0.2, -0.15) is 0 Å². The van der Waals surface area contributed by atoms with Gasteiger partial charge in [-0.15, -0.1) is 0 Å². The Hall–Kier alpha value is -1.46. The van der Waals surface area contributed by atoms with Crippen molar-refractivity contribution in [2.75, 3.05) is 20.3 Å². The highest BCUT2D eigenvalue weighted by atomic mass is 16.7. The average Bonchev–Trinajstić information content (AvgIpc) is 2.51. The quantitative estimate of drug-likeness (QED) is 0.372. The van der Waals surface area contributed by atoms with Gasteiger partial charge in [0, 0.05) is 19.4 Å². The number of methoxy groups -OCH3 is 1. The van der Waals surface area contributed by atoms with Gasteiger partial charge in [-0.1, -0.05) is 18.2 Å². The van der Waals surface area contributed by atoms with Gasteiger partial charge in [0.2, 0.25) is 0 Å². The van der Waals surface area contributed by atoms with Crippen molar-refractivity contribution < 1.29 is 23.8 Å². The molecule has 0 bridgehead atoms. The standard InChI is InChI=1S/C16H24O5/c1-19-15(18)10-7-9-14(17)8-3-2-5-12-20-16-11-4-6-13-21-16/h2-3,5,8,16H,4,6-7,9-13H2,1H3/b5-2+,8-3+. The number of esters is 1. The van der Waals surface area contributed by atoms with Crippen LogP contribution in [0.15, 0.2) is 24.3 Å². The van der Waals surface area contributed by atoms with E-state index in [0.717, 1.165) is 25.9 Å². The number of ether oxygens (including phenoxy) is 3. The molecule has 1 unspecified atom stereocenters. The minimum atomic E-state index is -0.284. The third-order valence-electron chi connectivity index (χ3n) is 3.08. The van der Waals surface area contributed by atoms with Gasteiger partial charge in [0.1, 0.15) is 0 Å². The number of rotatable bonds is 9. The zero-order chi connectivity index (χ0) is 15.3. The minimum absolute atomic E-state index is 0.0000790. The molecule has 1 rings (SSSR count).